The van der Waals surface area contributed by atoms with Crippen molar-refractivity contribution < 1.29 is 9.53 Å². The second-order valence-electron chi connectivity index (χ2n) is 2.50. The van der Waals surface area contributed by atoms with Crippen LogP contribution >= 0.6 is 0 Å². The number of carbonyl (C=O) groups excluding carboxylic acids is 1. The van der Waals surface area contributed by atoms with Gasteiger partial charge in [0.1, 0.15) is 5.75 Å². The van der Waals surface area contributed by atoms with Gasteiger partial charge in [-0.25, -0.2) is 0 Å². The molecule has 0 aromatic heterocycles. The highest BCUT2D eigenvalue weighted by molar-refractivity contribution is 5.94. The van der Waals surface area contributed by atoms with Crippen LogP contribution < -0.4 is 10.5 Å². The van der Waals surface area contributed by atoms with Gasteiger partial charge in [0.15, 0.2) is 0 Å². The van der Waals surface area contributed by atoms with Gasteiger partial charge in [-0.1, -0.05) is 6.07 Å². The largest absolute Gasteiger partial charge is 0.496 e. The number of benzene rings is 1. The summed E-state index contributed by atoms with van der Waals surface area (Å²) in [6, 6.07) is 5.22. The summed E-state index contributed by atoms with van der Waals surface area (Å²) in [6.07, 6.45) is 0. The third kappa shape index (κ3) is 1.39. The Bertz CT molecular complexity index is 307. The lowest BCUT2D eigenvalue weighted by Crippen LogP contribution is -2.12. The molecule has 1 amide bonds. The number of primary amides is 1. The average Bonchev–Trinajstić information content (AvgIpc) is 2.04. The molecule has 0 heterocycles. The second-order valence-corrected chi connectivity index (χ2v) is 2.50. The molecule has 0 aliphatic carbocycles. The molecule has 0 radical (unpaired) electrons. The molecule has 1 aromatic rings. The van der Waals surface area contributed by atoms with Crippen LogP contribution in [0.3, 0.4) is 0 Å². The molecule has 0 saturated carbocycles. The van der Waals surface area contributed by atoms with E-state index in [2.05, 4.69) is 0 Å². The van der Waals surface area contributed by atoms with Crippen molar-refractivity contribution in [1.82, 2.24) is 0 Å². The molecule has 0 bridgehead atoms. The van der Waals surface area contributed by atoms with E-state index in [9.17, 15) is 4.79 Å². The minimum absolute atomic E-state index is 0.425. The Morgan fingerprint density at radius 2 is 2.17 bits per heavy atom. The third-order valence-electron chi connectivity index (χ3n) is 1.77. The zero-order chi connectivity index (χ0) is 9.14. The van der Waals surface area contributed by atoms with E-state index in [0.29, 0.717) is 11.3 Å². The first kappa shape index (κ1) is 8.59. The molecule has 2 N–H and O–H groups in total. The molecule has 0 fully saturated rings. The summed E-state index contributed by atoms with van der Waals surface area (Å²) in [5.74, 6) is 0.262. The summed E-state index contributed by atoms with van der Waals surface area (Å²) < 4.78 is 5.03. The molecule has 1 rings (SSSR count). The first-order chi connectivity index (χ1) is 5.66. The summed E-state index contributed by atoms with van der Waals surface area (Å²) in [6.45, 7) is 1.80. The third-order valence-corrected chi connectivity index (χ3v) is 1.77. The van der Waals surface area contributed by atoms with Crippen LogP contribution in [-0.4, -0.2) is 13.0 Å². The van der Waals surface area contributed by atoms with Crippen LogP contribution in [0.5, 0.6) is 5.75 Å². The topological polar surface area (TPSA) is 52.3 Å². The number of carbonyl (C=O) groups is 1. The van der Waals surface area contributed by atoms with Crippen LogP contribution in [0.25, 0.3) is 0 Å². The van der Waals surface area contributed by atoms with E-state index in [4.69, 9.17) is 10.5 Å². The molecule has 0 spiro atoms. The monoisotopic (exact) mass is 165 g/mol. The Labute approximate surface area is 71.1 Å². The maximum Gasteiger partial charge on any atom is 0.249 e. The van der Waals surface area contributed by atoms with Gasteiger partial charge in [0.2, 0.25) is 5.91 Å². The highest BCUT2D eigenvalue weighted by atomic mass is 16.5. The molecule has 0 saturated heterocycles. The molecule has 0 aliphatic heterocycles. The molecule has 0 aliphatic rings. The van der Waals surface area contributed by atoms with Crippen molar-refractivity contribution in [2.45, 2.75) is 6.92 Å². The lowest BCUT2D eigenvalue weighted by atomic mass is 10.1. The van der Waals surface area contributed by atoms with Crippen molar-refractivity contribution in [3.05, 3.63) is 29.3 Å². The number of nitrogens with two attached hydrogens (primary N) is 1. The summed E-state index contributed by atoms with van der Waals surface area (Å²) in [5, 5.41) is 0. The van der Waals surface area contributed by atoms with Gasteiger partial charge in [0.25, 0.3) is 0 Å². The van der Waals surface area contributed by atoms with Gasteiger partial charge in [-0.2, -0.15) is 0 Å². The molecule has 12 heavy (non-hydrogen) atoms. The number of ether oxygens (including phenoxy) is 1. The van der Waals surface area contributed by atoms with E-state index in [0.717, 1.165) is 5.56 Å². The first-order valence-corrected chi connectivity index (χ1v) is 3.60. The maximum atomic E-state index is 10.9. The lowest BCUT2D eigenvalue weighted by Gasteiger charge is -2.06. The minimum atomic E-state index is -0.425. The van der Waals surface area contributed by atoms with Crippen LogP contribution in [0.15, 0.2) is 18.2 Å². The minimum Gasteiger partial charge on any atom is -0.496 e. The van der Waals surface area contributed by atoms with Gasteiger partial charge in [-0.05, 0) is 19.1 Å². The number of rotatable bonds is 2. The van der Waals surface area contributed by atoms with Crippen molar-refractivity contribution in [3.8, 4) is 5.75 Å². The molecule has 0 unspecified atom stereocenters. The summed E-state index contributed by atoms with van der Waals surface area (Å²) in [7, 11) is 1.56. The standard InChI is InChI=1S/C9H11NO2/c1-6-7(9(10)11)4-3-5-8(6)12-2/h3-5H,1-2H3,(H2,10,11). The van der Waals surface area contributed by atoms with Crippen molar-refractivity contribution >= 4 is 5.91 Å². The normalized spacial score (nSPS) is 9.50. The maximum absolute atomic E-state index is 10.9. The van der Waals surface area contributed by atoms with Crippen LogP contribution in [0.1, 0.15) is 15.9 Å². The zero-order valence-electron chi connectivity index (χ0n) is 7.13. The molecular weight excluding hydrogens is 154 g/mol. The van der Waals surface area contributed by atoms with E-state index < -0.39 is 5.91 Å². The fraction of sp³-hybridized carbons (Fsp3) is 0.222. The van der Waals surface area contributed by atoms with E-state index in [-0.39, 0.29) is 0 Å². The van der Waals surface area contributed by atoms with E-state index in [1.165, 1.54) is 0 Å². The Hall–Kier alpha value is -1.51. The predicted octanol–water partition coefficient (Wildman–Crippen LogP) is 1.10. The van der Waals surface area contributed by atoms with E-state index >= 15 is 0 Å². The summed E-state index contributed by atoms with van der Waals surface area (Å²) >= 11 is 0. The van der Waals surface area contributed by atoms with Gasteiger partial charge < -0.3 is 10.5 Å². The highest BCUT2D eigenvalue weighted by Gasteiger charge is 2.07. The molecule has 64 valence electrons. The molecule has 1 aromatic carbocycles. The fourth-order valence-corrected chi connectivity index (χ4v) is 1.10. The Kier molecular flexibility index (Phi) is 2.33. The molecular formula is C9H11NO2. The Morgan fingerprint density at radius 3 is 2.67 bits per heavy atom. The number of hydrogen-bond donors (Lipinski definition) is 1. The summed E-state index contributed by atoms with van der Waals surface area (Å²) in [5.41, 5.74) is 6.44. The van der Waals surface area contributed by atoms with Crippen LogP contribution in [-0.2, 0) is 0 Å². The first-order valence-electron chi connectivity index (χ1n) is 3.60. The summed E-state index contributed by atoms with van der Waals surface area (Å²) in [4.78, 5) is 10.9. The molecule has 0 atom stereocenters. The van der Waals surface area contributed by atoms with Gasteiger partial charge in [-0.15, -0.1) is 0 Å². The van der Waals surface area contributed by atoms with E-state index in [1.807, 2.05) is 0 Å². The van der Waals surface area contributed by atoms with Gasteiger partial charge in [-0.3, -0.25) is 4.79 Å². The lowest BCUT2D eigenvalue weighted by molar-refractivity contribution is 0.0999. The SMILES string of the molecule is COc1cccc(C(N)=O)c1C. The zero-order valence-corrected chi connectivity index (χ0v) is 7.13. The van der Waals surface area contributed by atoms with Crippen LogP contribution in [0, 0.1) is 6.92 Å². The predicted molar refractivity (Wildman–Crippen MR) is 46.2 cm³/mol. The van der Waals surface area contributed by atoms with Gasteiger partial charge >= 0.3 is 0 Å². The number of amides is 1. The number of hydrogen-bond acceptors (Lipinski definition) is 2. The van der Waals surface area contributed by atoms with Crippen molar-refractivity contribution in [1.29, 1.82) is 0 Å². The van der Waals surface area contributed by atoms with Crippen LogP contribution in [0.2, 0.25) is 0 Å². The smallest absolute Gasteiger partial charge is 0.249 e. The fourth-order valence-electron chi connectivity index (χ4n) is 1.10. The average molecular weight is 165 g/mol. The molecule has 3 nitrogen and oxygen atoms in total. The highest BCUT2D eigenvalue weighted by Crippen LogP contribution is 2.19. The quantitative estimate of drug-likeness (QED) is 0.713. The second kappa shape index (κ2) is 3.26. The van der Waals surface area contributed by atoms with Crippen molar-refractivity contribution in [2.24, 2.45) is 5.73 Å². The Morgan fingerprint density at radius 1 is 1.50 bits per heavy atom. The molecule has 3 heteroatoms. The van der Waals surface area contributed by atoms with Crippen LogP contribution in [0.4, 0.5) is 0 Å². The Balaban J connectivity index is 3.23. The number of methoxy groups -OCH3 is 1. The van der Waals surface area contributed by atoms with E-state index in [1.54, 1.807) is 32.2 Å². The van der Waals surface area contributed by atoms with Crippen molar-refractivity contribution in [3.63, 3.8) is 0 Å². The van der Waals surface area contributed by atoms with Gasteiger partial charge in [0, 0.05) is 11.1 Å². The van der Waals surface area contributed by atoms with Crippen molar-refractivity contribution in [2.75, 3.05) is 7.11 Å². The van der Waals surface area contributed by atoms with Gasteiger partial charge in [0.05, 0.1) is 7.11 Å².